The Morgan fingerprint density at radius 3 is 1.20 bits per heavy atom. The second-order valence-corrected chi connectivity index (χ2v) is 16.6. The van der Waals surface area contributed by atoms with Gasteiger partial charge in [-0.2, -0.15) is 0 Å². The summed E-state index contributed by atoms with van der Waals surface area (Å²) in [5, 5.41) is 4.82. The average Bonchev–Trinajstić information content (AvgIpc) is 3.72. The lowest BCUT2D eigenvalue weighted by molar-refractivity contribution is 1.18. The van der Waals surface area contributed by atoms with Gasteiger partial charge in [0.1, 0.15) is 0 Å². The quantitative estimate of drug-likeness (QED) is 0.153. The zero-order chi connectivity index (χ0) is 43.1. The zero-order valence-corrected chi connectivity index (χ0v) is 35.5. The molecular weight excluding hydrogens is 787 g/mol. The van der Waals surface area contributed by atoms with Crippen molar-refractivity contribution in [2.24, 2.45) is 0 Å². The van der Waals surface area contributed by atoms with Gasteiger partial charge in [0, 0.05) is 33.2 Å². The molecule has 0 aliphatic carbocycles. The van der Waals surface area contributed by atoms with Crippen molar-refractivity contribution in [3.8, 4) is 84.1 Å². The largest absolute Gasteiger partial charge is 0.309 e. The summed E-state index contributed by atoms with van der Waals surface area (Å²) in [6.45, 7) is 0. The van der Waals surface area contributed by atoms with E-state index in [9.17, 15) is 0 Å². The monoisotopic (exact) mass is 827 g/mol. The van der Waals surface area contributed by atoms with E-state index in [0.717, 1.165) is 39.2 Å². The first kappa shape index (κ1) is 38.0. The molecule has 0 aliphatic heterocycles. The Labute approximate surface area is 378 Å². The van der Waals surface area contributed by atoms with Crippen LogP contribution in [0.1, 0.15) is 0 Å². The molecule has 0 radical (unpaired) electrons. The van der Waals surface area contributed by atoms with Crippen LogP contribution in [-0.2, 0) is 0 Å². The molecule has 3 nitrogen and oxygen atoms in total. The fourth-order valence-electron chi connectivity index (χ4n) is 9.40. The molecular formula is C62H41N3. The van der Waals surface area contributed by atoms with Crippen LogP contribution in [0.25, 0.3) is 117 Å². The zero-order valence-electron chi connectivity index (χ0n) is 35.5. The maximum Gasteiger partial charge on any atom is 0.160 e. The second-order valence-electron chi connectivity index (χ2n) is 16.6. The number of benzene rings is 10. The van der Waals surface area contributed by atoms with Crippen LogP contribution >= 0.6 is 0 Å². The predicted molar refractivity (Wildman–Crippen MR) is 272 cm³/mol. The lowest BCUT2D eigenvalue weighted by Crippen LogP contribution is -1.96. The van der Waals surface area contributed by atoms with E-state index in [2.05, 4.69) is 229 Å². The first-order valence-electron chi connectivity index (χ1n) is 22.1. The molecule has 3 heteroatoms. The Kier molecular flexibility index (Phi) is 9.50. The highest BCUT2D eigenvalue weighted by Gasteiger charge is 2.17. The molecule has 0 atom stereocenters. The first-order valence-corrected chi connectivity index (χ1v) is 22.1. The lowest BCUT2D eigenvalue weighted by Gasteiger charge is -2.14. The second kappa shape index (κ2) is 16.2. The maximum atomic E-state index is 5.17. The normalized spacial score (nSPS) is 11.4. The highest BCUT2D eigenvalue weighted by molar-refractivity contribution is 6.12. The van der Waals surface area contributed by atoms with Crippen molar-refractivity contribution in [1.29, 1.82) is 0 Å². The smallest absolute Gasteiger partial charge is 0.160 e. The van der Waals surface area contributed by atoms with E-state index < -0.39 is 0 Å². The molecule has 10 aromatic carbocycles. The number of hydrogen-bond acceptors (Lipinski definition) is 2. The van der Waals surface area contributed by atoms with Crippen molar-refractivity contribution in [2.45, 2.75) is 0 Å². The van der Waals surface area contributed by atoms with Crippen molar-refractivity contribution in [2.75, 3.05) is 0 Å². The minimum Gasteiger partial charge on any atom is -0.309 e. The molecule has 0 saturated heterocycles. The molecule has 2 aromatic heterocycles. The van der Waals surface area contributed by atoms with Crippen LogP contribution in [0.2, 0.25) is 0 Å². The van der Waals surface area contributed by atoms with E-state index in [1.807, 2.05) is 24.3 Å². The molecule has 2 heterocycles. The molecule has 65 heavy (non-hydrogen) atoms. The van der Waals surface area contributed by atoms with Gasteiger partial charge >= 0.3 is 0 Å². The van der Waals surface area contributed by atoms with E-state index in [-0.39, 0.29) is 0 Å². The summed E-state index contributed by atoms with van der Waals surface area (Å²) in [5.41, 5.74) is 18.0. The number of fused-ring (bicyclic) bond motifs is 4. The van der Waals surface area contributed by atoms with Crippen LogP contribution in [0.4, 0.5) is 0 Å². The van der Waals surface area contributed by atoms with E-state index in [1.165, 1.54) is 71.7 Å². The molecule has 0 amide bonds. The van der Waals surface area contributed by atoms with Crippen LogP contribution in [0.15, 0.2) is 249 Å². The van der Waals surface area contributed by atoms with Crippen LogP contribution in [0.3, 0.4) is 0 Å². The third-order valence-corrected chi connectivity index (χ3v) is 12.7. The van der Waals surface area contributed by atoms with Gasteiger partial charge in [-0.05, 0) is 97.7 Å². The van der Waals surface area contributed by atoms with Crippen molar-refractivity contribution < 1.29 is 0 Å². The molecule has 304 valence electrons. The summed E-state index contributed by atoms with van der Waals surface area (Å²) >= 11 is 0. The molecule has 0 unspecified atom stereocenters. The van der Waals surface area contributed by atoms with Gasteiger partial charge < -0.3 is 4.57 Å². The maximum absolute atomic E-state index is 5.17. The van der Waals surface area contributed by atoms with Crippen LogP contribution in [0, 0.1) is 0 Å². The van der Waals surface area contributed by atoms with Gasteiger partial charge in [-0.1, -0.05) is 206 Å². The molecule has 0 spiro atoms. The van der Waals surface area contributed by atoms with Crippen LogP contribution in [-0.4, -0.2) is 14.5 Å². The Balaban J connectivity index is 0.889. The Morgan fingerprint density at radius 2 is 0.646 bits per heavy atom. The van der Waals surface area contributed by atoms with Crippen molar-refractivity contribution in [3.63, 3.8) is 0 Å². The van der Waals surface area contributed by atoms with Gasteiger partial charge in [-0.25, -0.2) is 9.97 Å². The Morgan fingerprint density at radius 1 is 0.246 bits per heavy atom. The van der Waals surface area contributed by atoms with Gasteiger partial charge in [0.25, 0.3) is 0 Å². The van der Waals surface area contributed by atoms with Crippen molar-refractivity contribution in [3.05, 3.63) is 249 Å². The Bertz CT molecular complexity index is 3500. The summed E-state index contributed by atoms with van der Waals surface area (Å²) in [5.74, 6) is 0.712. The van der Waals surface area contributed by atoms with Crippen LogP contribution in [0.5, 0.6) is 0 Å². The van der Waals surface area contributed by atoms with E-state index in [4.69, 9.17) is 9.97 Å². The van der Waals surface area contributed by atoms with Crippen molar-refractivity contribution in [1.82, 2.24) is 14.5 Å². The number of nitrogens with zero attached hydrogens (tertiary/aromatic N) is 3. The molecule has 12 rings (SSSR count). The summed E-state index contributed by atoms with van der Waals surface area (Å²) in [6.07, 6.45) is 0. The van der Waals surface area contributed by atoms with E-state index >= 15 is 0 Å². The highest BCUT2D eigenvalue weighted by Crippen LogP contribution is 2.40. The molecule has 0 aliphatic rings. The van der Waals surface area contributed by atoms with Gasteiger partial charge in [0.05, 0.1) is 22.4 Å². The first-order chi connectivity index (χ1) is 32.2. The molecule has 0 fully saturated rings. The van der Waals surface area contributed by atoms with Gasteiger partial charge in [-0.15, -0.1) is 0 Å². The third kappa shape index (κ3) is 7.06. The number of rotatable bonds is 8. The minimum absolute atomic E-state index is 0.712. The summed E-state index contributed by atoms with van der Waals surface area (Å²) < 4.78 is 2.41. The molecule has 0 saturated carbocycles. The molecule has 0 N–H and O–H groups in total. The molecule has 0 bridgehead atoms. The van der Waals surface area contributed by atoms with E-state index in [1.54, 1.807) is 0 Å². The third-order valence-electron chi connectivity index (χ3n) is 12.7. The van der Waals surface area contributed by atoms with Gasteiger partial charge in [-0.3, -0.25) is 0 Å². The fraction of sp³-hybridized carbons (Fsp3) is 0. The highest BCUT2D eigenvalue weighted by atomic mass is 15.0. The number of aromatic nitrogens is 3. The molecule has 12 aromatic rings. The van der Waals surface area contributed by atoms with Crippen molar-refractivity contribution >= 4 is 32.6 Å². The van der Waals surface area contributed by atoms with Gasteiger partial charge in [0.2, 0.25) is 0 Å². The predicted octanol–water partition coefficient (Wildman–Crippen LogP) is 16.4. The lowest BCUT2D eigenvalue weighted by atomic mass is 9.92. The minimum atomic E-state index is 0.712. The number of hydrogen-bond donors (Lipinski definition) is 0. The van der Waals surface area contributed by atoms with Crippen LogP contribution < -0.4 is 0 Å². The van der Waals surface area contributed by atoms with E-state index in [0.29, 0.717) is 5.82 Å². The summed E-state index contributed by atoms with van der Waals surface area (Å²) in [4.78, 5) is 10.2. The topological polar surface area (TPSA) is 30.7 Å². The standard InChI is InChI=1S/C62H41N3/c1-5-15-42(16-6-1)49-31-37-60-56(39-49)57-40-50(43-17-7-2-8-18-43)32-38-61(57)65(60)51-33-29-45(30-34-51)44-25-27-46(28-26-44)52-35-36-55(54-24-14-13-23-53(52)54)59-41-58(47-19-9-3-10-20-47)63-62(64-59)48-21-11-4-12-22-48/h1-41H. The average molecular weight is 828 g/mol. The summed E-state index contributed by atoms with van der Waals surface area (Å²) in [7, 11) is 0. The fourth-order valence-corrected chi connectivity index (χ4v) is 9.40. The summed E-state index contributed by atoms with van der Waals surface area (Å²) in [6, 6.07) is 88.9. The SMILES string of the molecule is c1ccc(-c2ccc3c(c2)c2cc(-c4ccccc4)ccc2n3-c2ccc(-c3ccc(-c4ccc(-c5cc(-c6ccccc6)nc(-c6ccccc6)n5)c5ccccc45)cc3)cc2)cc1. The Hall–Kier alpha value is -8.66. The van der Waals surface area contributed by atoms with Gasteiger partial charge in [0.15, 0.2) is 5.82 Å².